The Bertz CT molecular complexity index is 2380. The van der Waals surface area contributed by atoms with Crippen molar-refractivity contribution in [2.24, 2.45) is 5.41 Å². The second-order valence-electron chi connectivity index (χ2n) is 14.0. The van der Waals surface area contributed by atoms with Gasteiger partial charge in [-0.2, -0.15) is 0 Å². The number of furan rings is 2. The first-order valence-corrected chi connectivity index (χ1v) is 17.1. The maximum absolute atomic E-state index is 13.9. The maximum atomic E-state index is 13.9. The zero-order valence-corrected chi connectivity index (χ0v) is 28.1. The molecule has 2 fully saturated rings. The fourth-order valence-corrected chi connectivity index (χ4v) is 7.52. The summed E-state index contributed by atoms with van der Waals surface area (Å²) < 4.78 is 54.3. The number of carbonyl (C=O) groups excluding carboxylic acids is 2. The molecule has 10 heteroatoms. The van der Waals surface area contributed by atoms with Gasteiger partial charge >= 0.3 is 0 Å². The normalized spacial score (nSPS) is 16.9. The molecule has 2 N–H and O–H groups in total. The van der Waals surface area contributed by atoms with Crippen molar-refractivity contribution < 1.29 is 36.7 Å². The lowest BCUT2D eigenvalue weighted by molar-refractivity contribution is 0.0956. The van der Waals surface area contributed by atoms with E-state index in [2.05, 4.69) is 10.6 Å². The predicted octanol–water partition coefficient (Wildman–Crippen LogP) is 8.38. The van der Waals surface area contributed by atoms with Crippen LogP contribution in [0.15, 0.2) is 81.6 Å². The molecule has 8 nitrogen and oxygen atoms in total. The molecule has 51 heavy (non-hydrogen) atoms. The Balaban J connectivity index is 1.22. The van der Waals surface area contributed by atoms with Crippen LogP contribution in [-0.4, -0.2) is 38.1 Å². The molecular formula is C41H34F2N2O6. The fraction of sp³-hybridized carbons (Fsp3) is 0.268. The van der Waals surface area contributed by atoms with Gasteiger partial charge in [-0.1, -0.05) is 0 Å². The molecule has 4 aromatic carbocycles. The first kappa shape index (κ1) is 31.3. The van der Waals surface area contributed by atoms with E-state index in [1.165, 1.54) is 24.3 Å². The molecule has 2 aromatic heterocycles. The van der Waals surface area contributed by atoms with Gasteiger partial charge in [-0.15, -0.1) is 0 Å². The van der Waals surface area contributed by atoms with Gasteiger partial charge in [-0.05, 0) is 105 Å². The van der Waals surface area contributed by atoms with Gasteiger partial charge in [0.1, 0.15) is 51.4 Å². The third kappa shape index (κ3) is 5.23. The van der Waals surface area contributed by atoms with Gasteiger partial charge in [0.05, 0.1) is 17.7 Å². The third-order valence-corrected chi connectivity index (χ3v) is 10.6. The van der Waals surface area contributed by atoms with Crippen LogP contribution in [0, 0.1) is 17.0 Å². The molecular weight excluding hydrogens is 654 g/mol. The number of halogens is 2. The summed E-state index contributed by atoms with van der Waals surface area (Å²) in [6.45, 7) is 0.407. The van der Waals surface area contributed by atoms with E-state index in [0.29, 0.717) is 86.7 Å². The Morgan fingerprint density at radius 3 is 1.59 bits per heavy atom. The van der Waals surface area contributed by atoms with Crippen LogP contribution in [-0.2, 0) is 12.8 Å². The highest BCUT2D eigenvalue weighted by molar-refractivity contribution is 6.13. The smallest absolute Gasteiger partial charge is 0.255 e. The van der Waals surface area contributed by atoms with Crippen LogP contribution in [0.2, 0.25) is 0 Å². The molecule has 0 radical (unpaired) electrons. The summed E-state index contributed by atoms with van der Waals surface area (Å²) in [5.74, 6) is 0.630. The number of amides is 2. The van der Waals surface area contributed by atoms with Crippen molar-refractivity contribution in [3.05, 3.63) is 107 Å². The molecule has 2 spiro atoms. The molecule has 0 saturated heterocycles. The average Bonchev–Trinajstić information content (AvgIpc) is 4.01. The molecule has 0 unspecified atom stereocenters. The van der Waals surface area contributed by atoms with Crippen LogP contribution in [0.25, 0.3) is 44.6 Å². The molecule has 2 saturated carbocycles. The van der Waals surface area contributed by atoms with E-state index in [1.807, 2.05) is 24.3 Å². The van der Waals surface area contributed by atoms with Gasteiger partial charge in [0.25, 0.3) is 11.8 Å². The van der Waals surface area contributed by atoms with E-state index in [4.69, 9.17) is 18.3 Å². The molecule has 6 aromatic rings. The second kappa shape index (κ2) is 11.4. The van der Waals surface area contributed by atoms with Crippen molar-refractivity contribution in [2.75, 3.05) is 20.7 Å². The number of nitrogens with one attached hydrogen (secondary N) is 2. The lowest BCUT2D eigenvalue weighted by Gasteiger charge is -2.22. The highest BCUT2D eigenvalue weighted by Crippen LogP contribution is 2.55. The minimum atomic E-state index is -0.611. The predicted molar refractivity (Wildman–Crippen MR) is 187 cm³/mol. The van der Waals surface area contributed by atoms with Crippen LogP contribution in [0.4, 0.5) is 8.78 Å². The highest BCUT2D eigenvalue weighted by atomic mass is 19.1. The Hall–Kier alpha value is -5.64. The number of ether oxygens (including phenoxy) is 2. The summed E-state index contributed by atoms with van der Waals surface area (Å²) in [7, 11) is 3.15. The fourth-order valence-electron chi connectivity index (χ4n) is 7.52. The molecule has 0 atom stereocenters. The van der Waals surface area contributed by atoms with Gasteiger partial charge in [-0.3, -0.25) is 9.59 Å². The summed E-state index contributed by atoms with van der Waals surface area (Å²) in [4.78, 5) is 27.2. The lowest BCUT2D eigenvalue weighted by atomic mass is 9.91. The zero-order valence-electron chi connectivity index (χ0n) is 28.1. The Kier molecular flexibility index (Phi) is 7.04. The summed E-state index contributed by atoms with van der Waals surface area (Å²) in [5.41, 5.74) is 3.81. The van der Waals surface area contributed by atoms with Crippen molar-refractivity contribution in [3.63, 3.8) is 0 Å². The minimum Gasteiger partial charge on any atom is -0.493 e. The molecule has 3 aliphatic rings. The topological polar surface area (TPSA) is 103 Å². The summed E-state index contributed by atoms with van der Waals surface area (Å²) >= 11 is 0. The third-order valence-electron chi connectivity index (χ3n) is 10.6. The zero-order chi connectivity index (χ0) is 35.1. The van der Waals surface area contributed by atoms with Gasteiger partial charge in [0.2, 0.25) is 0 Å². The quantitative estimate of drug-likeness (QED) is 0.193. The minimum absolute atomic E-state index is 0.230. The number of benzene rings is 4. The van der Waals surface area contributed by atoms with E-state index in [9.17, 15) is 18.4 Å². The largest absolute Gasteiger partial charge is 0.493 e. The van der Waals surface area contributed by atoms with E-state index >= 15 is 0 Å². The van der Waals surface area contributed by atoms with Crippen molar-refractivity contribution in [2.45, 2.75) is 44.1 Å². The molecule has 1 aliphatic heterocycles. The summed E-state index contributed by atoms with van der Waals surface area (Å²) in [6.07, 6.45) is 4.37. The Labute approximate surface area is 291 Å². The van der Waals surface area contributed by atoms with Crippen molar-refractivity contribution in [1.82, 2.24) is 10.6 Å². The number of rotatable bonds is 4. The highest BCUT2D eigenvalue weighted by Gasteiger charge is 2.50. The van der Waals surface area contributed by atoms with E-state index < -0.39 is 5.60 Å². The average molecular weight is 689 g/mol. The van der Waals surface area contributed by atoms with E-state index in [1.54, 1.807) is 38.4 Å². The SMILES string of the molecule is CNC(=O)c1c(-c2ccc(F)cc2)oc2ccc3c(c12)CC1(CC1)Oc1ccc2oc(-c4ccc(F)cc4)c(C(=O)NC)c2c1CC1(CC1)CO3. The Morgan fingerprint density at radius 2 is 1.12 bits per heavy atom. The van der Waals surface area contributed by atoms with Crippen molar-refractivity contribution in [3.8, 4) is 34.1 Å². The monoisotopic (exact) mass is 688 g/mol. The van der Waals surface area contributed by atoms with Crippen LogP contribution in [0.1, 0.15) is 57.5 Å². The van der Waals surface area contributed by atoms with Crippen LogP contribution in [0.5, 0.6) is 11.5 Å². The first-order chi connectivity index (χ1) is 24.7. The van der Waals surface area contributed by atoms with Gasteiger partial charge in [0, 0.05) is 59.0 Å². The lowest BCUT2D eigenvalue weighted by Crippen LogP contribution is -2.23. The van der Waals surface area contributed by atoms with Gasteiger partial charge in [-0.25, -0.2) is 8.78 Å². The van der Waals surface area contributed by atoms with Crippen molar-refractivity contribution in [1.29, 1.82) is 0 Å². The molecule has 2 amide bonds. The number of hydrogen-bond donors (Lipinski definition) is 2. The van der Waals surface area contributed by atoms with Gasteiger partial charge < -0.3 is 28.9 Å². The standard InChI is InChI=1S/C41H34F2N2O6/c1-44-38(46)34-32-26-19-40(15-16-40)21-48-28-11-13-30-33(35(39(47)45-2)37(49-30)23-5-9-25(43)10-6-23)27(28)20-41(17-18-41)51-29(26)12-14-31(32)50-36(34)22-3-7-24(42)8-4-22/h3-14H,15-21H2,1-2H3,(H,44,46)(H,45,47). The Morgan fingerprint density at radius 1 is 0.627 bits per heavy atom. The number of fused-ring (bicyclic) bond motifs is 6. The van der Waals surface area contributed by atoms with E-state index in [0.717, 1.165) is 36.8 Å². The number of hydrogen-bond acceptors (Lipinski definition) is 6. The molecule has 9 rings (SSSR count). The van der Waals surface area contributed by atoms with E-state index in [-0.39, 0.29) is 28.9 Å². The first-order valence-electron chi connectivity index (χ1n) is 17.1. The molecule has 258 valence electrons. The van der Waals surface area contributed by atoms with Crippen molar-refractivity contribution >= 4 is 33.8 Å². The van der Waals surface area contributed by atoms with Crippen LogP contribution < -0.4 is 20.1 Å². The van der Waals surface area contributed by atoms with Gasteiger partial charge in [0.15, 0.2) is 0 Å². The maximum Gasteiger partial charge on any atom is 0.255 e. The summed E-state index contributed by atoms with van der Waals surface area (Å²) in [5, 5.41) is 6.86. The molecule has 3 heterocycles. The second-order valence-corrected chi connectivity index (χ2v) is 14.0. The number of carbonyl (C=O) groups is 2. The van der Waals surface area contributed by atoms with Crippen LogP contribution in [0.3, 0.4) is 0 Å². The molecule has 2 aliphatic carbocycles. The molecule has 0 bridgehead atoms. The summed E-state index contributed by atoms with van der Waals surface area (Å²) in [6, 6.07) is 19.3. The van der Waals surface area contributed by atoms with Crippen LogP contribution >= 0.6 is 0 Å².